The first-order valence-corrected chi connectivity index (χ1v) is 12.6. The van der Waals surface area contributed by atoms with Crippen molar-refractivity contribution in [2.45, 2.75) is 12.8 Å². The first-order chi connectivity index (χ1) is 13.0. The molecule has 0 fully saturated rings. The van der Waals surface area contributed by atoms with Crippen LogP contribution in [0.15, 0.2) is 91.0 Å². The van der Waals surface area contributed by atoms with Crippen molar-refractivity contribution in [3.05, 3.63) is 91.0 Å². The summed E-state index contributed by atoms with van der Waals surface area (Å²) in [5, 5.41) is 3.86. The van der Waals surface area contributed by atoms with Crippen LogP contribution in [0.25, 0.3) is 0 Å². The van der Waals surface area contributed by atoms with Crippen LogP contribution < -0.4 is 15.9 Å². The normalized spacial score (nSPS) is 12.0. The molecule has 3 aromatic rings. The van der Waals surface area contributed by atoms with E-state index in [0.29, 0.717) is 6.42 Å². The molecule has 3 rings (SSSR count). The van der Waals surface area contributed by atoms with Crippen LogP contribution in [0.1, 0.15) is 12.8 Å². The second-order valence-electron chi connectivity index (χ2n) is 6.53. The molecule has 0 bridgehead atoms. The summed E-state index contributed by atoms with van der Waals surface area (Å²) in [5.41, 5.74) is 0. The number of hydrogen-bond donors (Lipinski definition) is 1. The smallest absolute Gasteiger partial charge is 0.264 e. The fraction of sp³-hybridized carbons (Fsp3) is 0.182. The van der Waals surface area contributed by atoms with Gasteiger partial charge in [0.25, 0.3) is 10.1 Å². The van der Waals surface area contributed by atoms with Crippen molar-refractivity contribution in [2.75, 3.05) is 11.9 Å². The van der Waals surface area contributed by atoms with E-state index in [1.54, 1.807) is 0 Å². The molecule has 3 nitrogen and oxygen atoms in total. The van der Waals surface area contributed by atoms with Gasteiger partial charge in [-0.15, -0.1) is 0 Å². The van der Waals surface area contributed by atoms with Gasteiger partial charge in [0.1, 0.15) is 23.2 Å². The van der Waals surface area contributed by atoms with Crippen LogP contribution in [0.4, 0.5) is 0 Å². The van der Waals surface area contributed by atoms with E-state index in [2.05, 4.69) is 72.8 Å². The molecule has 0 radical (unpaired) electrons. The van der Waals surface area contributed by atoms with E-state index in [-0.39, 0.29) is 5.75 Å². The fourth-order valence-corrected chi connectivity index (χ4v) is 8.49. The highest BCUT2D eigenvalue weighted by Gasteiger charge is 2.44. The molecule has 0 atom stereocenters. The summed E-state index contributed by atoms with van der Waals surface area (Å²) in [6.45, 7) is 0. The summed E-state index contributed by atoms with van der Waals surface area (Å²) in [6, 6.07) is 31.5. The van der Waals surface area contributed by atoms with Crippen LogP contribution in [0, 0.1) is 0 Å². The molecule has 0 amide bonds. The average Bonchev–Trinajstić information content (AvgIpc) is 2.70. The third kappa shape index (κ3) is 4.84. The van der Waals surface area contributed by atoms with E-state index in [1.807, 2.05) is 18.2 Å². The Morgan fingerprint density at radius 1 is 0.630 bits per heavy atom. The molecule has 0 saturated heterocycles. The lowest BCUT2D eigenvalue weighted by Crippen LogP contribution is -2.33. The van der Waals surface area contributed by atoms with Crippen LogP contribution in [0.2, 0.25) is 0 Å². The summed E-state index contributed by atoms with van der Waals surface area (Å²) in [7, 11) is -5.84. The van der Waals surface area contributed by atoms with Gasteiger partial charge in [0.05, 0.1) is 11.9 Å². The molecule has 0 aliphatic rings. The zero-order chi connectivity index (χ0) is 19.2. The van der Waals surface area contributed by atoms with Crippen molar-refractivity contribution >= 4 is 33.3 Å². The van der Waals surface area contributed by atoms with Gasteiger partial charge in [-0.2, -0.15) is 8.42 Å². The Morgan fingerprint density at radius 2 is 1.00 bits per heavy atom. The average molecular weight is 399 g/mol. The Labute approximate surface area is 162 Å². The molecule has 27 heavy (non-hydrogen) atoms. The van der Waals surface area contributed by atoms with Crippen LogP contribution in [-0.2, 0) is 10.1 Å². The highest BCUT2D eigenvalue weighted by Crippen LogP contribution is 2.55. The molecule has 140 valence electrons. The molecular formula is C22H24O3PS+. The molecule has 0 aromatic heterocycles. The lowest BCUT2D eigenvalue weighted by atomic mass is 10.3. The summed E-state index contributed by atoms with van der Waals surface area (Å²) < 4.78 is 31.3. The van der Waals surface area contributed by atoms with E-state index >= 15 is 0 Å². The zero-order valence-corrected chi connectivity index (χ0v) is 16.8. The maximum absolute atomic E-state index is 11.1. The Morgan fingerprint density at radius 3 is 1.33 bits per heavy atom. The van der Waals surface area contributed by atoms with Crippen molar-refractivity contribution in [2.24, 2.45) is 0 Å². The van der Waals surface area contributed by atoms with Gasteiger partial charge in [-0.3, -0.25) is 4.55 Å². The Balaban J connectivity index is 2.08. The van der Waals surface area contributed by atoms with Gasteiger partial charge >= 0.3 is 0 Å². The second-order valence-corrected chi connectivity index (χ2v) is 11.7. The molecule has 0 aliphatic carbocycles. The van der Waals surface area contributed by atoms with E-state index in [4.69, 9.17) is 4.55 Å². The Kier molecular flexibility index (Phi) is 6.43. The van der Waals surface area contributed by atoms with Crippen molar-refractivity contribution in [1.29, 1.82) is 0 Å². The van der Waals surface area contributed by atoms with E-state index in [9.17, 15) is 8.42 Å². The van der Waals surface area contributed by atoms with Gasteiger partial charge in [0.15, 0.2) is 0 Å². The number of benzene rings is 3. The highest BCUT2D eigenvalue weighted by atomic mass is 32.2. The third-order valence-electron chi connectivity index (χ3n) is 4.74. The largest absolute Gasteiger partial charge is 0.286 e. The first-order valence-electron chi connectivity index (χ1n) is 9.02. The van der Waals surface area contributed by atoms with Crippen molar-refractivity contribution < 1.29 is 13.0 Å². The number of unbranched alkanes of at least 4 members (excludes halogenated alkanes) is 1. The lowest BCUT2D eigenvalue weighted by Gasteiger charge is -2.27. The maximum Gasteiger partial charge on any atom is 0.264 e. The second kappa shape index (κ2) is 8.79. The minimum absolute atomic E-state index is 0.189. The molecule has 0 heterocycles. The predicted molar refractivity (Wildman–Crippen MR) is 116 cm³/mol. The Hall–Kier alpha value is -2.00. The molecule has 0 spiro atoms. The highest BCUT2D eigenvalue weighted by molar-refractivity contribution is 7.95. The number of rotatable bonds is 8. The van der Waals surface area contributed by atoms with Gasteiger partial charge in [-0.05, 0) is 49.2 Å². The quantitative estimate of drug-likeness (QED) is 0.357. The standard InChI is InChI=1S/C22H23O3PS/c23-27(24,25)19-11-10-18-26(20-12-4-1-5-13-20,21-14-6-2-7-15-21)22-16-8-3-9-17-22/h1-9,12-17H,10-11,18-19H2/p+1. The summed E-state index contributed by atoms with van der Waals surface area (Å²) >= 11 is 0. The first kappa shape index (κ1) is 19.8. The molecule has 0 saturated carbocycles. The van der Waals surface area contributed by atoms with Gasteiger partial charge in [0.2, 0.25) is 0 Å². The minimum Gasteiger partial charge on any atom is -0.286 e. The molecule has 0 aliphatic heterocycles. The van der Waals surface area contributed by atoms with Gasteiger partial charge in [0, 0.05) is 0 Å². The molecule has 1 N–H and O–H groups in total. The van der Waals surface area contributed by atoms with Crippen LogP contribution in [0.3, 0.4) is 0 Å². The van der Waals surface area contributed by atoms with Crippen molar-refractivity contribution in [1.82, 2.24) is 0 Å². The van der Waals surface area contributed by atoms with Crippen LogP contribution in [-0.4, -0.2) is 24.9 Å². The molecule has 3 aromatic carbocycles. The van der Waals surface area contributed by atoms with Crippen LogP contribution in [0.5, 0.6) is 0 Å². The van der Waals surface area contributed by atoms with E-state index in [1.165, 1.54) is 15.9 Å². The van der Waals surface area contributed by atoms with Crippen molar-refractivity contribution in [3.63, 3.8) is 0 Å². The van der Waals surface area contributed by atoms with Gasteiger partial charge < -0.3 is 0 Å². The minimum atomic E-state index is -3.92. The fourth-order valence-electron chi connectivity index (χ4n) is 3.52. The van der Waals surface area contributed by atoms with Crippen LogP contribution >= 0.6 is 7.26 Å². The number of hydrogen-bond acceptors (Lipinski definition) is 2. The lowest BCUT2D eigenvalue weighted by molar-refractivity contribution is 0.481. The summed E-state index contributed by atoms with van der Waals surface area (Å²) in [4.78, 5) is 0. The monoisotopic (exact) mass is 399 g/mol. The SMILES string of the molecule is O=S(=O)(O)CCCC[P+](c1ccccc1)(c1ccccc1)c1ccccc1. The van der Waals surface area contributed by atoms with Gasteiger partial charge in [-0.1, -0.05) is 54.6 Å². The zero-order valence-electron chi connectivity index (χ0n) is 15.1. The topological polar surface area (TPSA) is 54.4 Å². The van der Waals surface area contributed by atoms with Gasteiger partial charge in [-0.25, -0.2) is 0 Å². The summed E-state index contributed by atoms with van der Waals surface area (Å²) in [5.74, 6) is -0.189. The molecular weight excluding hydrogens is 375 g/mol. The maximum atomic E-state index is 11.1. The van der Waals surface area contributed by atoms with E-state index < -0.39 is 17.4 Å². The van der Waals surface area contributed by atoms with Crippen molar-refractivity contribution in [3.8, 4) is 0 Å². The van der Waals surface area contributed by atoms with E-state index in [0.717, 1.165) is 12.6 Å². The Bertz CT molecular complexity index is 846. The summed E-state index contributed by atoms with van der Waals surface area (Å²) in [6.07, 6.45) is 2.04. The molecule has 5 heteroatoms. The third-order valence-corrected chi connectivity index (χ3v) is 10.1. The molecule has 0 unspecified atom stereocenters. The predicted octanol–water partition coefficient (Wildman–Crippen LogP) is 3.65.